The summed E-state index contributed by atoms with van der Waals surface area (Å²) < 4.78 is 4.77. The maximum absolute atomic E-state index is 10.1. The summed E-state index contributed by atoms with van der Waals surface area (Å²) in [5.74, 6) is 0. The molecule has 0 aliphatic heterocycles. The van der Waals surface area contributed by atoms with E-state index in [9.17, 15) is 4.79 Å². The minimum absolute atomic E-state index is 0.194. The lowest BCUT2D eigenvalue weighted by Crippen LogP contribution is -1.91. The minimum Gasteiger partial charge on any atom is -0.385 e. The van der Waals surface area contributed by atoms with E-state index >= 15 is 0 Å². The van der Waals surface area contributed by atoms with Crippen molar-refractivity contribution in [2.75, 3.05) is 19.1 Å². The fourth-order valence-corrected chi connectivity index (χ4v) is 0.644. The van der Waals surface area contributed by atoms with E-state index in [1.165, 1.54) is 0 Å². The van der Waals surface area contributed by atoms with Gasteiger partial charge in [-0.3, -0.25) is 4.79 Å². The lowest BCUT2D eigenvalue weighted by atomic mass is 10.3. The summed E-state index contributed by atoms with van der Waals surface area (Å²) in [6.45, 7) is 0.712. The Morgan fingerprint density at radius 3 is 2.17 bits per heavy atom. The number of ether oxygens (including phenoxy) is 1. The van der Waals surface area contributed by atoms with Gasteiger partial charge in [-0.15, -0.1) is 23.2 Å². The fraction of sp³-hybridized carbons (Fsp3) is 0.857. The Balaban J connectivity index is 0. The molecule has 12 heavy (non-hydrogen) atoms. The van der Waals surface area contributed by atoms with Crippen LogP contribution >= 0.6 is 34.8 Å². The highest BCUT2D eigenvalue weighted by atomic mass is 35.5. The number of halogens is 3. The second-order valence-corrected chi connectivity index (χ2v) is 3.14. The van der Waals surface area contributed by atoms with Gasteiger partial charge in [0.1, 0.15) is 0 Å². The number of alkyl halides is 2. The van der Waals surface area contributed by atoms with Crippen molar-refractivity contribution in [3.05, 3.63) is 0 Å². The van der Waals surface area contributed by atoms with Crippen molar-refractivity contribution in [3.63, 3.8) is 0 Å². The molecule has 0 N–H and O–H groups in total. The Labute approximate surface area is 88.1 Å². The van der Waals surface area contributed by atoms with Crippen LogP contribution in [0.2, 0.25) is 0 Å². The van der Waals surface area contributed by atoms with Gasteiger partial charge in [0.05, 0.1) is 5.34 Å². The van der Waals surface area contributed by atoms with Gasteiger partial charge < -0.3 is 4.74 Å². The van der Waals surface area contributed by atoms with Gasteiger partial charge in [-0.25, -0.2) is 0 Å². The predicted molar refractivity (Wildman–Crippen MR) is 53.2 cm³/mol. The molecule has 0 saturated heterocycles. The van der Waals surface area contributed by atoms with Crippen LogP contribution in [0.4, 0.5) is 0 Å². The first kappa shape index (κ1) is 15.0. The van der Waals surface area contributed by atoms with E-state index in [4.69, 9.17) is 39.5 Å². The molecule has 0 amide bonds. The van der Waals surface area contributed by atoms with Crippen molar-refractivity contribution in [1.82, 2.24) is 0 Å². The van der Waals surface area contributed by atoms with Gasteiger partial charge in [-0.05, 0) is 24.4 Å². The Kier molecular flexibility index (Phi) is 17.6. The van der Waals surface area contributed by atoms with Crippen LogP contribution in [0.1, 0.15) is 19.3 Å². The zero-order valence-electron chi connectivity index (χ0n) is 6.99. The molecule has 0 aromatic rings. The molecule has 2 nitrogen and oxygen atoms in total. The second-order valence-electron chi connectivity index (χ2n) is 1.91. The molecule has 0 aliphatic carbocycles. The number of carbonyl (C=O) groups is 1. The Morgan fingerprint density at radius 1 is 1.33 bits per heavy atom. The lowest BCUT2D eigenvalue weighted by Gasteiger charge is -1.94. The normalized spacial score (nSPS) is 8.67. The third-order valence-corrected chi connectivity index (χ3v) is 1.16. The largest absolute Gasteiger partial charge is 0.385 e. The number of rotatable bonds is 5. The van der Waals surface area contributed by atoms with Gasteiger partial charge in [0.25, 0.3) is 0 Å². The topological polar surface area (TPSA) is 26.3 Å². The van der Waals surface area contributed by atoms with Crippen LogP contribution in [0.5, 0.6) is 0 Å². The highest BCUT2D eigenvalue weighted by molar-refractivity contribution is 6.63. The molecule has 74 valence electrons. The highest BCUT2D eigenvalue weighted by Gasteiger charge is 1.93. The average molecular weight is 236 g/mol. The monoisotopic (exact) mass is 234 g/mol. The minimum atomic E-state index is -0.258. The van der Waals surface area contributed by atoms with Crippen molar-refractivity contribution in [1.29, 1.82) is 0 Å². The van der Waals surface area contributed by atoms with E-state index < -0.39 is 0 Å². The van der Waals surface area contributed by atoms with Gasteiger partial charge in [0.15, 0.2) is 0 Å². The molecule has 0 aromatic heterocycles. The van der Waals surface area contributed by atoms with E-state index in [2.05, 4.69) is 0 Å². The fourth-order valence-electron chi connectivity index (χ4n) is 0.510. The molecule has 0 spiro atoms. The molecule has 0 saturated carbocycles. The summed E-state index contributed by atoms with van der Waals surface area (Å²) in [4.78, 5) is 10.1. The van der Waals surface area contributed by atoms with Crippen LogP contribution in [0.15, 0.2) is 0 Å². The molecular formula is C7H13Cl3O2. The molecule has 0 fully saturated rings. The lowest BCUT2D eigenvalue weighted by molar-refractivity contribution is -0.111. The van der Waals surface area contributed by atoms with Crippen LogP contribution in [-0.4, -0.2) is 24.3 Å². The molecule has 5 heteroatoms. The molecular weight excluding hydrogens is 222 g/mol. The number of methoxy groups -OCH3 is 1. The second kappa shape index (κ2) is 14.0. The highest BCUT2D eigenvalue weighted by Crippen LogP contribution is 1.98. The third-order valence-electron chi connectivity index (χ3n) is 0.972. The maximum atomic E-state index is 10.1. The Hall–Kier alpha value is 0.500. The summed E-state index contributed by atoms with van der Waals surface area (Å²) in [6, 6.07) is 0. The number of carbonyl (C=O) groups excluding carboxylic acids is 1. The zero-order valence-corrected chi connectivity index (χ0v) is 9.25. The van der Waals surface area contributed by atoms with E-state index in [1.54, 1.807) is 7.11 Å². The first-order chi connectivity index (χ1) is 5.68. The smallest absolute Gasteiger partial charge is 0.221 e. The molecule has 0 heterocycles. The summed E-state index contributed by atoms with van der Waals surface area (Å²) in [5, 5.41) is -0.0638. The Morgan fingerprint density at radius 2 is 1.83 bits per heavy atom. The van der Waals surface area contributed by atoms with Gasteiger partial charge in [0.2, 0.25) is 5.24 Å². The maximum Gasteiger partial charge on any atom is 0.221 e. The van der Waals surface area contributed by atoms with E-state index in [0.717, 1.165) is 12.8 Å². The first-order valence-electron chi connectivity index (χ1n) is 3.48. The summed E-state index contributed by atoms with van der Waals surface area (Å²) in [6.07, 6.45) is 2.20. The van der Waals surface area contributed by atoms with Crippen molar-refractivity contribution < 1.29 is 9.53 Å². The van der Waals surface area contributed by atoms with E-state index in [0.29, 0.717) is 13.0 Å². The van der Waals surface area contributed by atoms with Crippen LogP contribution in [-0.2, 0) is 9.53 Å². The van der Waals surface area contributed by atoms with Crippen LogP contribution in [0, 0.1) is 0 Å². The number of hydrogen-bond acceptors (Lipinski definition) is 2. The predicted octanol–water partition coefficient (Wildman–Crippen LogP) is 2.99. The first-order valence-corrected chi connectivity index (χ1v) is 4.93. The molecule has 0 unspecified atom stereocenters. The van der Waals surface area contributed by atoms with Crippen LogP contribution < -0.4 is 0 Å². The zero-order chi connectivity index (χ0) is 9.82. The molecule has 0 bridgehead atoms. The molecule has 0 rings (SSSR count). The van der Waals surface area contributed by atoms with Crippen LogP contribution in [0.25, 0.3) is 0 Å². The van der Waals surface area contributed by atoms with Crippen molar-refractivity contribution >= 4 is 40.0 Å². The molecule has 0 radical (unpaired) electrons. The standard InChI is InChI=1S/C6H11ClO2.CH2Cl2/c1-9-5-3-2-4-6(7)8;2-1-3/h2-5H2,1H3;1H2. The number of unbranched alkanes of at least 4 members (excludes halogenated alkanes) is 1. The molecule has 0 aliphatic rings. The van der Waals surface area contributed by atoms with Crippen LogP contribution in [0.3, 0.4) is 0 Å². The van der Waals surface area contributed by atoms with Gasteiger partial charge in [-0.1, -0.05) is 0 Å². The quantitative estimate of drug-likeness (QED) is 0.416. The average Bonchev–Trinajstić information content (AvgIpc) is 1.99. The van der Waals surface area contributed by atoms with Crippen molar-refractivity contribution in [2.45, 2.75) is 19.3 Å². The van der Waals surface area contributed by atoms with E-state index in [1.807, 2.05) is 0 Å². The summed E-state index contributed by atoms with van der Waals surface area (Å²) in [5.41, 5.74) is 0. The molecule has 0 aromatic carbocycles. The number of hydrogen-bond donors (Lipinski definition) is 0. The Bertz CT molecular complexity index is 98.7. The summed E-state index contributed by atoms with van der Waals surface area (Å²) >= 11 is 14.6. The SMILES string of the molecule is COCCCCC(=O)Cl.ClCCl. The van der Waals surface area contributed by atoms with Gasteiger partial charge in [-0.2, -0.15) is 0 Å². The summed E-state index contributed by atoms with van der Waals surface area (Å²) in [7, 11) is 1.64. The van der Waals surface area contributed by atoms with Crippen molar-refractivity contribution in [3.8, 4) is 0 Å². The van der Waals surface area contributed by atoms with Gasteiger partial charge >= 0.3 is 0 Å². The van der Waals surface area contributed by atoms with E-state index in [-0.39, 0.29) is 10.6 Å². The third kappa shape index (κ3) is 22.4. The van der Waals surface area contributed by atoms with Crippen molar-refractivity contribution in [2.24, 2.45) is 0 Å². The molecule has 0 atom stereocenters. The van der Waals surface area contributed by atoms with Gasteiger partial charge in [0, 0.05) is 20.1 Å².